The Kier molecular flexibility index (Phi) is 8.33. The summed E-state index contributed by atoms with van der Waals surface area (Å²) in [5, 5.41) is 3.34. The maximum absolute atomic E-state index is 13.0. The van der Waals surface area contributed by atoms with Gasteiger partial charge in [0.05, 0.1) is 5.02 Å². The fraction of sp³-hybridized carbons (Fsp3) is 0.364. The Morgan fingerprint density at radius 1 is 1.07 bits per heavy atom. The van der Waals surface area contributed by atoms with Gasteiger partial charge in [0.15, 0.2) is 6.61 Å². The van der Waals surface area contributed by atoms with E-state index in [1.54, 1.807) is 29.2 Å². The van der Waals surface area contributed by atoms with Crippen molar-refractivity contribution in [1.29, 1.82) is 0 Å². The monoisotopic (exact) mass is 402 g/mol. The second-order valence-electron chi connectivity index (χ2n) is 6.81. The maximum Gasteiger partial charge on any atom is 0.261 e. The summed E-state index contributed by atoms with van der Waals surface area (Å²) < 4.78 is 5.62. The second-order valence-corrected chi connectivity index (χ2v) is 7.22. The summed E-state index contributed by atoms with van der Waals surface area (Å²) >= 11 is 6.10. The van der Waals surface area contributed by atoms with E-state index in [-0.39, 0.29) is 24.5 Å². The molecular weight excluding hydrogens is 376 g/mol. The predicted octanol–water partition coefficient (Wildman–Crippen LogP) is 4.05. The van der Waals surface area contributed by atoms with E-state index in [1.807, 2.05) is 51.1 Å². The van der Waals surface area contributed by atoms with Gasteiger partial charge in [0, 0.05) is 12.6 Å². The summed E-state index contributed by atoms with van der Waals surface area (Å²) in [7, 11) is 0. The number of carbonyl (C=O) groups is 2. The highest BCUT2D eigenvalue weighted by atomic mass is 35.5. The minimum absolute atomic E-state index is 0.00500. The number of nitrogens with zero attached hydrogens (tertiary/aromatic N) is 1. The van der Waals surface area contributed by atoms with Crippen molar-refractivity contribution in [1.82, 2.24) is 10.2 Å². The number of hydrogen-bond donors (Lipinski definition) is 1. The van der Waals surface area contributed by atoms with Gasteiger partial charge in [-0.1, -0.05) is 61.0 Å². The molecule has 0 aliphatic rings. The predicted molar refractivity (Wildman–Crippen MR) is 111 cm³/mol. The Labute approximate surface area is 171 Å². The van der Waals surface area contributed by atoms with E-state index < -0.39 is 6.04 Å². The molecule has 0 unspecified atom stereocenters. The van der Waals surface area contributed by atoms with Crippen LogP contribution in [0.2, 0.25) is 5.02 Å². The van der Waals surface area contributed by atoms with Gasteiger partial charge in [0.25, 0.3) is 5.91 Å². The Balaban J connectivity index is 2.19. The van der Waals surface area contributed by atoms with Crippen LogP contribution in [0, 0.1) is 0 Å². The topological polar surface area (TPSA) is 58.6 Å². The van der Waals surface area contributed by atoms with Crippen LogP contribution >= 0.6 is 11.6 Å². The molecule has 0 spiro atoms. The van der Waals surface area contributed by atoms with Crippen molar-refractivity contribution >= 4 is 23.4 Å². The molecule has 28 heavy (non-hydrogen) atoms. The van der Waals surface area contributed by atoms with Crippen LogP contribution in [0.15, 0.2) is 54.6 Å². The molecule has 0 heterocycles. The van der Waals surface area contributed by atoms with E-state index >= 15 is 0 Å². The molecular formula is C22H27ClN2O3. The summed E-state index contributed by atoms with van der Waals surface area (Å²) in [6, 6.07) is 16.0. The quantitative estimate of drug-likeness (QED) is 0.688. The van der Waals surface area contributed by atoms with Gasteiger partial charge in [-0.15, -0.1) is 0 Å². The van der Waals surface area contributed by atoms with Gasteiger partial charge in [-0.25, -0.2) is 0 Å². The lowest BCUT2D eigenvalue weighted by atomic mass is 10.1. The average Bonchev–Trinajstić information content (AvgIpc) is 2.67. The largest absolute Gasteiger partial charge is 0.482 e. The molecule has 1 atom stereocenters. The number of rotatable bonds is 9. The molecule has 150 valence electrons. The van der Waals surface area contributed by atoms with Crippen LogP contribution in [-0.4, -0.2) is 35.4 Å². The second kappa shape index (κ2) is 10.7. The Morgan fingerprint density at radius 3 is 2.32 bits per heavy atom. The van der Waals surface area contributed by atoms with E-state index in [1.165, 1.54) is 0 Å². The average molecular weight is 403 g/mol. The first-order valence-corrected chi connectivity index (χ1v) is 9.81. The first kappa shape index (κ1) is 21.8. The minimum Gasteiger partial charge on any atom is -0.482 e. The molecule has 0 aliphatic carbocycles. The van der Waals surface area contributed by atoms with Gasteiger partial charge in [-0.3, -0.25) is 9.59 Å². The van der Waals surface area contributed by atoms with Crippen molar-refractivity contribution in [2.75, 3.05) is 6.61 Å². The molecule has 0 bridgehead atoms. The highest BCUT2D eigenvalue weighted by Gasteiger charge is 2.29. The van der Waals surface area contributed by atoms with E-state index in [0.717, 1.165) is 5.56 Å². The zero-order valence-electron chi connectivity index (χ0n) is 16.5. The lowest BCUT2D eigenvalue weighted by Gasteiger charge is -2.31. The van der Waals surface area contributed by atoms with Gasteiger partial charge >= 0.3 is 0 Å². The van der Waals surface area contributed by atoms with Gasteiger partial charge in [-0.05, 0) is 38.0 Å². The van der Waals surface area contributed by atoms with Crippen molar-refractivity contribution in [3.8, 4) is 5.75 Å². The van der Waals surface area contributed by atoms with Crippen LogP contribution in [0.4, 0.5) is 0 Å². The standard InChI is InChI=1S/C22H27ClN2O3/c1-4-19(22(27)24-16(2)3)25(14-17-10-6-5-7-11-17)21(26)15-28-20-13-9-8-12-18(20)23/h5-13,16,19H,4,14-15H2,1-3H3,(H,24,27)/t19-/m0/s1. The van der Waals surface area contributed by atoms with Gasteiger partial charge in [0.1, 0.15) is 11.8 Å². The fourth-order valence-corrected chi connectivity index (χ4v) is 3.05. The lowest BCUT2D eigenvalue weighted by molar-refractivity contribution is -0.143. The Morgan fingerprint density at radius 2 is 1.71 bits per heavy atom. The van der Waals surface area contributed by atoms with Gasteiger partial charge < -0.3 is 15.0 Å². The molecule has 0 saturated carbocycles. The van der Waals surface area contributed by atoms with Crippen molar-refractivity contribution in [3.05, 3.63) is 65.2 Å². The zero-order valence-corrected chi connectivity index (χ0v) is 17.3. The minimum atomic E-state index is -0.579. The maximum atomic E-state index is 13.0. The summed E-state index contributed by atoms with van der Waals surface area (Å²) in [5.74, 6) is 0.00547. The molecule has 6 heteroatoms. The number of amides is 2. The summed E-state index contributed by atoms with van der Waals surface area (Å²) in [5.41, 5.74) is 0.949. The first-order chi connectivity index (χ1) is 13.4. The van der Waals surface area contributed by atoms with Crippen LogP contribution < -0.4 is 10.1 Å². The third kappa shape index (κ3) is 6.27. The number of para-hydroxylation sites is 1. The molecule has 0 radical (unpaired) electrons. The lowest BCUT2D eigenvalue weighted by Crippen LogP contribution is -2.51. The van der Waals surface area contributed by atoms with E-state index in [9.17, 15) is 9.59 Å². The van der Waals surface area contributed by atoms with Crippen molar-refractivity contribution < 1.29 is 14.3 Å². The van der Waals surface area contributed by atoms with Crippen molar-refractivity contribution in [2.24, 2.45) is 0 Å². The van der Waals surface area contributed by atoms with Crippen molar-refractivity contribution in [3.63, 3.8) is 0 Å². The Hall–Kier alpha value is -2.53. The SMILES string of the molecule is CC[C@@H](C(=O)NC(C)C)N(Cc1ccccc1)C(=O)COc1ccccc1Cl. The van der Waals surface area contributed by atoms with Gasteiger partial charge in [-0.2, -0.15) is 0 Å². The van der Waals surface area contributed by atoms with Crippen LogP contribution in [0.5, 0.6) is 5.75 Å². The van der Waals surface area contributed by atoms with Crippen LogP contribution in [-0.2, 0) is 16.1 Å². The first-order valence-electron chi connectivity index (χ1n) is 9.43. The van der Waals surface area contributed by atoms with Crippen molar-refractivity contribution in [2.45, 2.75) is 45.8 Å². The van der Waals surface area contributed by atoms with Crippen LogP contribution in [0.1, 0.15) is 32.8 Å². The molecule has 5 nitrogen and oxygen atoms in total. The van der Waals surface area contributed by atoms with E-state index in [2.05, 4.69) is 5.32 Å². The third-order valence-corrected chi connectivity index (χ3v) is 4.51. The number of carbonyl (C=O) groups excluding carboxylic acids is 2. The zero-order chi connectivity index (χ0) is 20.5. The highest BCUT2D eigenvalue weighted by Crippen LogP contribution is 2.23. The van der Waals surface area contributed by atoms with Crippen LogP contribution in [0.25, 0.3) is 0 Å². The third-order valence-electron chi connectivity index (χ3n) is 4.20. The summed E-state index contributed by atoms with van der Waals surface area (Å²) in [4.78, 5) is 27.3. The molecule has 0 saturated heterocycles. The number of nitrogens with one attached hydrogen (secondary N) is 1. The molecule has 2 rings (SSSR count). The highest BCUT2D eigenvalue weighted by molar-refractivity contribution is 6.32. The normalized spacial score (nSPS) is 11.8. The fourth-order valence-electron chi connectivity index (χ4n) is 2.86. The summed E-state index contributed by atoms with van der Waals surface area (Å²) in [6.45, 7) is 5.82. The summed E-state index contributed by atoms with van der Waals surface area (Å²) in [6.07, 6.45) is 0.503. The molecule has 2 amide bonds. The molecule has 0 aromatic heterocycles. The van der Waals surface area contributed by atoms with E-state index in [0.29, 0.717) is 23.7 Å². The molecule has 2 aromatic rings. The van der Waals surface area contributed by atoms with Crippen LogP contribution in [0.3, 0.4) is 0 Å². The Bertz CT molecular complexity index is 780. The number of ether oxygens (including phenoxy) is 1. The molecule has 0 aliphatic heterocycles. The van der Waals surface area contributed by atoms with Gasteiger partial charge in [0.2, 0.25) is 5.91 Å². The number of hydrogen-bond acceptors (Lipinski definition) is 3. The number of benzene rings is 2. The molecule has 1 N–H and O–H groups in total. The number of halogens is 1. The van der Waals surface area contributed by atoms with E-state index in [4.69, 9.17) is 16.3 Å². The molecule has 0 fully saturated rings. The molecule has 2 aromatic carbocycles. The smallest absolute Gasteiger partial charge is 0.261 e.